The first-order valence-corrected chi connectivity index (χ1v) is 7.70. The van der Waals surface area contributed by atoms with Gasteiger partial charge in [0.1, 0.15) is 5.54 Å². The number of aliphatic imine (C=N–C) groups is 1. The van der Waals surface area contributed by atoms with Crippen LogP contribution in [0.15, 0.2) is 23.2 Å². The van der Waals surface area contributed by atoms with Crippen molar-refractivity contribution in [3.8, 4) is 0 Å². The molecule has 0 unspecified atom stereocenters. The first kappa shape index (κ1) is 13.4. The maximum Gasteiger partial charge on any atom is 0.235 e. The third-order valence-corrected chi connectivity index (χ3v) is 4.79. The second kappa shape index (κ2) is 5.41. The number of benzene rings is 1. The van der Waals surface area contributed by atoms with Crippen molar-refractivity contribution < 1.29 is 4.79 Å². The Morgan fingerprint density at radius 2 is 1.90 bits per heavy atom. The highest BCUT2D eigenvalue weighted by molar-refractivity contribution is 5.60. The van der Waals surface area contributed by atoms with Gasteiger partial charge in [-0.2, -0.15) is 4.99 Å². The van der Waals surface area contributed by atoms with Gasteiger partial charge < -0.3 is 4.90 Å². The lowest BCUT2D eigenvalue weighted by Gasteiger charge is -2.41. The van der Waals surface area contributed by atoms with Crippen molar-refractivity contribution in [3.05, 3.63) is 29.3 Å². The molecule has 0 bridgehead atoms. The van der Waals surface area contributed by atoms with Crippen LogP contribution in [0.4, 0.5) is 5.69 Å². The van der Waals surface area contributed by atoms with E-state index in [-0.39, 0.29) is 5.54 Å². The highest BCUT2D eigenvalue weighted by Crippen LogP contribution is 2.48. The molecule has 1 aliphatic carbocycles. The van der Waals surface area contributed by atoms with E-state index in [9.17, 15) is 4.79 Å². The minimum atomic E-state index is -0.291. The van der Waals surface area contributed by atoms with E-state index in [1.165, 1.54) is 36.1 Å². The minimum absolute atomic E-state index is 0.291. The second-order valence-corrected chi connectivity index (χ2v) is 6.16. The molecule has 2 fully saturated rings. The summed E-state index contributed by atoms with van der Waals surface area (Å²) in [5.41, 5.74) is 3.48. The lowest BCUT2D eigenvalue weighted by Crippen LogP contribution is -2.37. The Morgan fingerprint density at radius 3 is 2.50 bits per heavy atom. The van der Waals surface area contributed by atoms with Crippen LogP contribution in [-0.4, -0.2) is 19.2 Å². The number of isocyanates is 1. The number of nitrogens with zero attached hydrogens (tertiary/aromatic N) is 2. The van der Waals surface area contributed by atoms with Gasteiger partial charge in [-0.05, 0) is 51.5 Å². The number of hydrogen-bond donors (Lipinski definition) is 0. The van der Waals surface area contributed by atoms with Crippen molar-refractivity contribution in [2.45, 2.75) is 51.0 Å². The van der Waals surface area contributed by atoms with Gasteiger partial charge >= 0.3 is 0 Å². The molecule has 0 radical (unpaired) electrons. The first-order chi connectivity index (χ1) is 9.75. The molecule has 3 rings (SSSR count). The summed E-state index contributed by atoms with van der Waals surface area (Å²) in [6.07, 6.45) is 8.77. The Bertz CT molecular complexity index is 536. The predicted molar refractivity (Wildman–Crippen MR) is 80.9 cm³/mol. The Balaban J connectivity index is 2.03. The normalized spacial score (nSPS) is 20.9. The molecule has 1 heterocycles. The number of piperidine rings is 1. The molecule has 3 heteroatoms. The molecular formula is C17H22N2O. The smallest absolute Gasteiger partial charge is 0.235 e. The second-order valence-electron chi connectivity index (χ2n) is 6.16. The van der Waals surface area contributed by atoms with Crippen molar-refractivity contribution in [2.24, 2.45) is 4.99 Å². The number of carbonyl (C=O) groups excluding carboxylic acids is 1. The predicted octanol–water partition coefficient (Wildman–Crippen LogP) is 3.70. The van der Waals surface area contributed by atoms with Crippen molar-refractivity contribution in [2.75, 3.05) is 18.0 Å². The van der Waals surface area contributed by atoms with E-state index in [1.54, 1.807) is 0 Å². The monoisotopic (exact) mass is 270 g/mol. The summed E-state index contributed by atoms with van der Waals surface area (Å²) in [6, 6.07) is 6.62. The molecular weight excluding hydrogens is 248 g/mol. The summed E-state index contributed by atoms with van der Waals surface area (Å²) in [4.78, 5) is 17.5. The number of anilines is 1. The molecule has 0 atom stereocenters. The molecule has 2 aliphatic rings. The van der Waals surface area contributed by atoms with Gasteiger partial charge in [-0.3, -0.25) is 0 Å². The van der Waals surface area contributed by atoms with Crippen LogP contribution in [0.5, 0.6) is 0 Å². The summed E-state index contributed by atoms with van der Waals surface area (Å²) in [5, 5.41) is 0. The number of aryl methyl sites for hydroxylation is 1. The van der Waals surface area contributed by atoms with Gasteiger partial charge in [-0.15, -0.1) is 0 Å². The molecule has 1 aromatic rings. The molecule has 0 N–H and O–H groups in total. The minimum Gasteiger partial charge on any atom is -0.371 e. The van der Waals surface area contributed by atoms with E-state index in [0.29, 0.717) is 0 Å². The Kier molecular flexibility index (Phi) is 3.62. The fourth-order valence-electron chi connectivity index (χ4n) is 3.47. The average Bonchev–Trinajstić information content (AvgIpc) is 2.44. The van der Waals surface area contributed by atoms with Gasteiger partial charge in [0.15, 0.2) is 0 Å². The largest absolute Gasteiger partial charge is 0.371 e. The number of hydrogen-bond acceptors (Lipinski definition) is 3. The van der Waals surface area contributed by atoms with Gasteiger partial charge in [-0.1, -0.05) is 17.7 Å². The standard InChI is InChI=1S/C17H22N2O/c1-14-6-7-16(19-10-3-2-4-11-19)15(12-14)17(18-13-20)8-5-9-17/h6-7,12H,2-5,8-11H2,1H3. The Hall–Kier alpha value is -1.60. The average molecular weight is 270 g/mol. The zero-order valence-electron chi connectivity index (χ0n) is 12.2. The molecule has 106 valence electrons. The van der Waals surface area contributed by atoms with Gasteiger partial charge in [0.25, 0.3) is 0 Å². The van der Waals surface area contributed by atoms with Crippen LogP contribution in [0.1, 0.15) is 49.7 Å². The molecule has 1 saturated carbocycles. The lowest BCUT2D eigenvalue weighted by molar-refractivity contribution is 0.256. The van der Waals surface area contributed by atoms with E-state index in [2.05, 4.69) is 35.0 Å². The van der Waals surface area contributed by atoms with Gasteiger partial charge in [0, 0.05) is 24.3 Å². The topological polar surface area (TPSA) is 32.7 Å². The molecule has 3 nitrogen and oxygen atoms in total. The third kappa shape index (κ3) is 2.27. The van der Waals surface area contributed by atoms with E-state index in [0.717, 1.165) is 32.4 Å². The summed E-state index contributed by atoms with van der Waals surface area (Å²) >= 11 is 0. The van der Waals surface area contributed by atoms with E-state index in [1.807, 2.05) is 6.08 Å². The molecule has 0 aromatic heterocycles. The zero-order chi connectivity index (χ0) is 14.0. The van der Waals surface area contributed by atoms with Gasteiger partial charge in [-0.25, -0.2) is 4.79 Å². The van der Waals surface area contributed by atoms with Crippen LogP contribution in [0.25, 0.3) is 0 Å². The van der Waals surface area contributed by atoms with Crippen LogP contribution in [0.3, 0.4) is 0 Å². The number of rotatable bonds is 3. The first-order valence-electron chi connectivity index (χ1n) is 7.70. The maximum absolute atomic E-state index is 10.9. The molecule has 0 spiro atoms. The fourth-order valence-corrected chi connectivity index (χ4v) is 3.47. The van der Waals surface area contributed by atoms with Crippen molar-refractivity contribution >= 4 is 11.8 Å². The summed E-state index contributed by atoms with van der Waals surface area (Å²) in [5.74, 6) is 0. The Labute approximate surface area is 120 Å². The zero-order valence-corrected chi connectivity index (χ0v) is 12.2. The van der Waals surface area contributed by atoms with Crippen LogP contribution in [-0.2, 0) is 10.3 Å². The quantitative estimate of drug-likeness (QED) is 0.619. The van der Waals surface area contributed by atoms with Crippen molar-refractivity contribution in [1.82, 2.24) is 0 Å². The maximum atomic E-state index is 10.9. The SMILES string of the molecule is Cc1ccc(N2CCCCC2)c(C2(N=C=O)CCC2)c1. The Morgan fingerprint density at radius 1 is 1.15 bits per heavy atom. The van der Waals surface area contributed by atoms with Crippen molar-refractivity contribution in [1.29, 1.82) is 0 Å². The summed E-state index contributed by atoms with van der Waals surface area (Å²) in [7, 11) is 0. The molecule has 0 amide bonds. The summed E-state index contributed by atoms with van der Waals surface area (Å²) in [6.45, 7) is 4.36. The molecule has 1 aromatic carbocycles. The summed E-state index contributed by atoms with van der Waals surface area (Å²) < 4.78 is 0. The van der Waals surface area contributed by atoms with E-state index < -0.39 is 0 Å². The van der Waals surface area contributed by atoms with Crippen LogP contribution < -0.4 is 4.90 Å². The third-order valence-electron chi connectivity index (χ3n) is 4.79. The molecule has 1 aliphatic heterocycles. The highest BCUT2D eigenvalue weighted by atomic mass is 16.1. The van der Waals surface area contributed by atoms with Crippen LogP contribution in [0, 0.1) is 6.92 Å². The van der Waals surface area contributed by atoms with Crippen LogP contribution >= 0.6 is 0 Å². The van der Waals surface area contributed by atoms with Crippen LogP contribution in [0.2, 0.25) is 0 Å². The van der Waals surface area contributed by atoms with Crippen molar-refractivity contribution in [3.63, 3.8) is 0 Å². The van der Waals surface area contributed by atoms with Gasteiger partial charge in [0.2, 0.25) is 6.08 Å². The highest BCUT2D eigenvalue weighted by Gasteiger charge is 2.41. The fraction of sp³-hybridized carbons (Fsp3) is 0.588. The molecule has 1 saturated heterocycles. The van der Waals surface area contributed by atoms with E-state index in [4.69, 9.17) is 0 Å². The molecule has 20 heavy (non-hydrogen) atoms. The van der Waals surface area contributed by atoms with E-state index >= 15 is 0 Å². The lowest BCUT2D eigenvalue weighted by atomic mass is 9.71. The van der Waals surface area contributed by atoms with Gasteiger partial charge in [0.05, 0.1) is 0 Å².